The van der Waals surface area contributed by atoms with Crippen LogP contribution in [0.3, 0.4) is 0 Å². The van der Waals surface area contributed by atoms with E-state index in [0.717, 1.165) is 38.7 Å². The van der Waals surface area contributed by atoms with Gasteiger partial charge in [0.1, 0.15) is 0 Å². The number of piperidine rings is 1. The zero-order chi connectivity index (χ0) is 14.2. The van der Waals surface area contributed by atoms with Crippen LogP contribution in [-0.2, 0) is 11.3 Å². The third-order valence-electron chi connectivity index (χ3n) is 4.09. The van der Waals surface area contributed by atoms with Crippen molar-refractivity contribution in [3.8, 4) is 0 Å². The summed E-state index contributed by atoms with van der Waals surface area (Å²) in [6.07, 6.45) is 3.67. The lowest BCUT2D eigenvalue weighted by atomic mass is 9.96. The number of benzene rings is 1. The summed E-state index contributed by atoms with van der Waals surface area (Å²) >= 11 is 0. The molecule has 0 amide bonds. The van der Waals surface area contributed by atoms with E-state index in [0.29, 0.717) is 0 Å². The minimum absolute atomic E-state index is 0.738. The molecule has 0 atom stereocenters. The number of nitrogens with zero attached hydrogens (tertiary/aromatic N) is 1. The molecule has 0 aromatic heterocycles. The molecule has 0 saturated carbocycles. The second-order valence-corrected chi connectivity index (χ2v) is 5.69. The minimum atomic E-state index is 0.738. The number of ether oxygens (including phenoxy) is 1. The Bertz CT molecular complexity index is 386. The van der Waals surface area contributed by atoms with E-state index in [2.05, 4.69) is 41.4 Å². The van der Waals surface area contributed by atoms with Crippen LogP contribution >= 0.6 is 0 Å². The lowest BCUT2D eigenvalue weighted by Crippen LogP contribution is -2.35. The zero-order valence-electron chi connectivity index (χ0n) is 12.9. The maximum absolute atomic E-state index is 5.28. The highest BCUT2D eigenvalue weighted by Crippen LogP contribution is 2.26. The average molecular weight is 276 g/mol. The summed E-state index contributed by atoms with van der Waals surface area (Å²) in [7, 11) is 1.81. The number of methoxy groups -OCH3 is 1. The predicted octanol–water partition coefficient (Wildman–Crippen LogP) is 3.05. The number of hydrogen-bond donors (Lipinski definition) is 1. The van der Waals surface area contributed by atoms with Gasteiger partial charge in [-0.15, -0.1) is 0 Å². The van der Waals surface area contributed by atoms with Crippen LogP contribution in [0.4, 0.5) is 5.69 Å². The molecule has 1 fully saturated rings. The Morgan fingerprint density at radius 1 is 1.25 bits per heavy atom. The van der Waals surface area contributed by atoms with Crippen molar-refractivity contribution in [2.75, 3.05) is 38.3 Å². The van der Waals surface area contributed by atoms with Crippen molar-refractivity contribution < 1.29 is 4.74 Å². The molecule has 0 aliphatic carbocycles. The summed E-state index contributed by atoms with van der Waals surface area (Å²) in [5.41, 5.74) is 2.83. The molecule has 1 aromatic carbocycles. The van der Waals surface area contributed by atoms with E-state index in [-0.39, 0.29) is 0 Å². The largest absolute Gasteiger partial charge is 0.384 e. The summed E-state index contributed by atoms with van der Waals surface area (Å²) in [5, 5.41) is 3.51. The quantitative estimate of drug-likeness (QED) is 0.775. The van der Waals surface area contributed by atoms with E-state index in [1.807, 2.05) is 0 Å². The molecule has 0 unspecified atom stereocenters. The van der Waals surface area contributed by atoms with Gasteiger partial charge in [0.2, 0.25) is 0 Å². The first-order valence-corrected chi connectivity index (χ1v) is 7.87. The van der Waals surface area contributed by atoms with E-state index >= 15 is 0 Å². The van der Waals surface area contributed by atoms with Crippen molar-refractivity contribution in [1.82, 2.24) is 5.32 Å². The van der Waals surface area contributed by atoms with E-state index in [4.69, 9.17) is 4.74 Å². The van der Waals surface area contributed by atoms with E-state index in [1.54, 1.807) is 7.11 Å². The molecule has 112 valence electrons. The van der Waals surface area contributed by atoms with Crippen molar-refractivity contribution in [2.45, 2.75) is 32.7 Å². The topological polar surface area (TPSA) is 24.5 Å². The highest BCUT2D eigenvalue weighted by molar-refractivity contribution is 5.53. The molecule has 1 N–H and O–H groups in total. The molecule has 1 aliphatic heterocycles. The second kappa shape index (κ2) is 8.28. The maximum atomic E-state index is 5.28. The highest BCUT2D eigenvalue weighted by atomic mass is 16.5. The van der Waals surface area contributed by atoms with Gasteiger partial charge < -0.3 is 15.0 Å². The molecule has 3 heteroatoms. The molecule has 1 heterocycles. The molecular formula is C17H28N2O. The smallest absolute Gasteiger partial charge is 0.0491 e. The van der Waals surface area contributed by atoms with Crippen molar-refractivity contribution >= 4 is 5.69 Å². The van der Waals surface area contributed by atoms with Gasteiger partial charge in [-0.05, 0) is 43.4 Å². The lowest BCUT2D eigenvalue weighted by Gasteiger charge is -2.34. The Balaban J connectivity index is 1.95. The summed E-state index contributed by atoms with van der Waals surface area (Å²) in [6.45, 7) is 7.48. The summed E-state index contributed by atoms with van der Waals surface area (Å²) in [5.74, 6) is 0.738. The van der Waals surface area contributed by atoms with Gasteiger partial charge in [0.25, 0.3) is 0 Å². The lowest BCUT2D eigenvalue weighted by molar-refractivity contribution is 0.139. The molecule has 2 rings (SSSR count). The van der Waals surface area contributed by atoms with E-state index < -0.39 is 0 Å². The molecule has 1 aromatic rings. The van der Waals surface area contributed by atoms with Crippen LogP contribution in [0.1, 0.15) is 31.7 Å². The first kappa shape index (κ1) is 15.3. The third kappa shape index (κ3) is 4.22. The van der Waals surface area contributed by atoms with Crippen molar-refractivity contribution in [1.29, 1.82) is 0 Å². The number of hydrogen-bond acceptors (Lipinski definition) is 3. The van der Waals surface area contributed by atoms with Gasteiger partial charge in [0.15, 0.2) is 0 Å². The normalized spacial score (nSPS) is 16.6. The van der Waals surface area contributed by atoms with Crippen LogP contribution in [-0.4, -0.2) is 33.4 Å². The fourth-order valence-electron chi connectivity index (χ4n) is 2.94. The molecule has 20 heavy (non-hydrogen) atoms. The summed E-state index contributed by atoms with van der Waals surface area (Å²) < 4.78 is 5.28. The average Bonchev–Trinajstić information content (AvgIpc) is 2.49. The van der Waals surface area contributed by atoms with Gasteiger partial charge >= 0.3 is 0 Å². The standard InChI is InChI=1S/C17H28N2O/c1-3-10-18-13-16-6-4-5-7-17(16)19-11-8-15(9-12-19)14-20-2/h4-7,15,18H,3,8-14H2,1-2H3. The number of nitrogens with one attached hydrogen (secondary N) is 1. The summed E-state index contributed by atoms with van der Waals surface area (Å²) in [6, 6.07) is 8.81. The first-order valence-electron chi connectivity index (χ1n) is 7.87. The molecule has 1 aliphatic rings. The summed E-state index contributed by atoms with van der Waals surface area (Å²) in [4.78, 5) is 2.54. The number of rotatable bonds is 7. The van der Waals surface area contributed by atoms with Crippen molar-refractivity contribution in [2.24, 2.45) is 5.92 Å². The molecule has 3 nitrogen and oxygen atoms in total. The monoisotopic (exact) mass is 276 g/mol. The van der Waals surface area contributed by atoms with Crippen LogP contribution in [0.2, 0.25) is 0 Å². The molecule has 0 radical (unpaired) electrons. The number of para-hydroxylation sites is 1. The second-order valence-electron chi connectivity index (χ2n) is 5.69. The Hall–Kier alpha value is -1.06. The van der Waals surface area contributed by atoms with Gasteiger partial charge in [-0.2, -0.15) is 0 Å². The molecule has 0 bridgehead atoms. The van der Waals surface area contributed by atoms with E-state index in [9.17, 15) is 0 Å². The first-order chi connectivity index (χ1) is 9.85. The SMILES string of the molecule is CCCNCc1ccccc1N1CCC(COC)CC1. The highest BCUT2D eigenvalue weighted by Gasteiger charge is 2.20. The van der Waals surface area contributed by atoms with Crippen LogP contribution in [0.25, 0.3) is 0 Å². The van der Waals surface area contributed by atoms with Gasteiger partial charge in [-0.1, -0.05) is 25.1 Å². The van der Waals surface area contributed by atoms with E-state index in [1.165, 1.54) is 30.5 Å². The molecule has 1 saturated heterocycles. The fraction of sp³-hybridized carbons (Fsp3) is 0.647. The van der Waals surface area contributed by atoms with Crippen molar-refractivity contribution in [3.05, 3.63) is 29.8 Å². The maximum Gasteiger partial charge on any atom is 0.0491 e. The number of anilines is 1. The Morgan fingerprint density at radius 3 is 2.70 bits per heavy atom. The molecule has 0 spiro atoms. The van der Waals surface area contributed by atoms with Crippen LogP contribution < -0.4 is 10.2 Å². The predicted molar refractivity (Wildman–Crippen MR) is 85.3 cm³/mol. The zero-order valence-corrected chi connectivity index (χ0v) is 12.9. The van der Waals surface area contributed by atoms with Crippen LogP contribution in [0.15, 0.2) is 24.3 Å². The Kier molecular flexibility index (Phi) is 6.34. The van der Waals surface area contributed by atoms with Gasteiger partial charge in [-0.3, -0.25) is 0 Å². The Morgan fingerprint density at radius 2 is 2.00 bits per heavy atom. The third-order valence-corrected chi connectivity index (χ3v) is 4.09. The minimum Gasteiger partial charge on any atom is -0.384 e. The van der Waals surface area contributed by atoms with Gasteiger partial charge in [0, 0.05) is 39.0 Å². The fourth-order valence-corrected chi connectivity index (χ4v) is 2.94. The Labute approximate surface area is 123 Å². The van der Waals surface area contributed by atoms with Crippen LogP contribution in [0.5, 0.6) is 0 Å². The van der Waals surface area contributed by atoms with Gasteiger partial charge in [0.05, 0.1) is 0 Å². The van der Waals surface area contributed by atoms with Crippen molar-refractivity contribution in [3.63, 3.8) is 0 Å². The van der Waals surface area contributed by atoms with Crippen LogP contribution in [0, 0.1) is 5.92 Å². The van der Waals surface area contributed by atoms with Gasteiger partial charge in [-0.25, -0.2) is 0 Å². The molecular weight excluding hydrogens is 248 g/mol.